The van der Waals surface area contributed by atoms with Gasteiger partial charge < -0.3 is 14.6 Å². The Labute approximate surface area is 121 Å². The van der Waals surface area contributed by atoms with E-state index in [-0.39, 0.29) is 5.91 Å². The van der Waals surface area contributed by atoms with Gasteiger partial charge in [-0.3, -0.25) is 4.79 Å². The molecule has 0 spiro atoms. The number of rotatable bonds is 7. The van der Waals surface area contributed by atoms with Gasteiger partial charge in [0.1, 0.15) is 11.5 Å². The first kappa shape index (κ1) is 15.1. The van der Waals surface area contributed by atoms with Crippen molar-refractivity contribution in [1.29, 1.82) is 0 Å². The highest BCUT2D eigenvalue weighted by Crippen LogP contribution is 2.47. The summed E-state index contributed by atoms with van der Waals surface area (Å²) >= 11 is 0. The van der Waals surface area contributed by atoms with Gasteiger partial charge in [0.05, 0.1) is 13.1 Å². The third-order valence-electron chi connectivity index (χ3n) is 4.19. The predicted octanol–water partition coefficient (Wildman–Crippen LogP) is 2.75. The maximum Gasteiger partial charge on any atom is 0.236 e. The monoisotopic (exact) mass is 278 g/mol. The van der Waals surface area contributed by atoms with Gasteiger partial charge in [0.15, 0.2) is 0 Å². The van der Waals surface area contributed by atoms with E-state index in [1.54, 1.807) is 4.90 Å². The van der Waals surface area contributed by atoms with E-state index < -0.39 is 0 Å². The smallest absolute Gasteiger partial charge is 0.236 e. The molecule has 0 aliphatic heterocycles. The van der Waals surface area contributed by atoms with Crippen molar-refractivity contribution in [2.45, 2.75) is 52.1 Å². The van der Waals surface area contributed by atoms with E-state index >= 15 is 0 Å². The quantitative estimate of drug-likeness (QED) is 0.834. The van der Waals surface area contributed by atoms with E-state index in [0.29, 0.717) is 25.0 Å². The van der Waals surface area contributed by atoms with Crippen molar-refractivity contribution in [3.8, 4) is 0 Å². The van der Waals surface area contributed by atoms with Crippen LogP contribution in [-0.4, -0.2) is 30.4 Å². The zero-order chi connectivity index (χ0) is 14.7. The second-order valence-electron chi connectivity index (χ2n) is 6.06. The minimum Gasteiger partial charge on any atom is -0.464 e. The first-order valence-corrected chi connectivity index (χ1v) is 7.57. The maximum absolute atomic E-state index is 12.0. The lowest BCUT2D eigenvalue weighted by Gasteiger charge is -2.18. The number of likely N-dealkylation sites (N-methyl/N-ethyl adjacent to an activating group) is 1. The van der Waals surface area contributed by atoms with Crippen LogP contribution in [0.4, 0.5) is 0 Å². The summed E-state index contributed by atoms with van der Waals surface area (Å²) in [5.41, 5.74) is 0. The number of nitrogens with one attached hydrogen (secondary N) is 1. The highest BCUT2D eigenvalue weighted by Gasteiger charge is 2.36. The van der Waals surface area contributed by atoms with Crippen LogP contribution in [0.2, 0.25) is 0 Å². The number of furan rings is 1. The Balaban J connectivity index is 1.79. The molecule has 1 amide bonds. The van der Waals surface area contributed by atoms with Crippen molar-refractivity contribution in [3.05, 3.63) is 23.7 Å². The van der Waals surface area contributed by atoms with E-state index in [1.165, 1.54) is 6.42 Å². The van der Waals surface area contributed by atoms with Crippen molar-refractivity contribution < 1.29 is 9.21 Å². The molecule has 1 aliphatic carbocycles. The van der Waals surface area contributed by atoms with Crippen LogP contribution in [-0.2, 0) is 11.3 Å². The van der Waals surface area contributed by atoms with Crippen LogP contribution in [0.3, 0.4) is 0 Å². The van der Waals surface area contributed by atoms with E-state index in [0.717, 1.165) is 23.9 Å². The third kappa shape index (κ3) is 3.85. The molecule has 4 nitrogen and oxygen atoms in total. The topological polar surface area (TPSA) is 45.5 Å². The number of carbonyl (C=O) groups is 1. The molecule has 1 fully saturated rings. The molecule has 3 unspecified atom stereocenters. The van der Waals surface area contributed by atoms with Gasteiger partial charge in [-0.15, -0.1) is 0 Å². The molecule has 0 aromatic carbocycles. The van der Waals surface area contributed by atoms with Crippen LogP contribution in [0.25, 0.3) is 0 Å². The van der Waals surface area contributed by atoms with Crippen molar-refractivity contribution in [2.24, 2.45) is 5.92 Å². The van der Waals surface area contributed by atoms with Crippen molar-refractivity contribution in [1.82, 2.24) is 10.2 Å². The first-order chi connectivity index (χ1) is 9.51. The molecule has 1 saturated carbocycles. The van der Waals surface area contributed by atoms with Gasteiger partial charge in [0.25, 0.3) is 0 Å². The molecule has 4 heteroatoms. The second kappa shape index (κ2) is 6.44. The Morgan fingerprint density at radius 2 is 2.25 bits per heavy atom. The summed E-state index contributed by atoms with van der Waals surface area (Å²) in [7, 11) is 1.82. The van der Waals surface area contributed by atoms with Gasteiger partial charge in [-0.2, -0.15) is 0 Å². The second-order valence-corrected chi connectivity index (χ2v) is 6.06. The molecule has 0 saturated heterocycles. The van der Waals surface area contributed by atoms with E-state index in [2.05, 4.69) is 32.2 Å². The van der Waals surface area contributed by atoms with Crippen LogP contribution in [0.5, 0.6) is 0 Å². The minimum absolute atomic E-state index is 0.100. The fourth-order valence-electron chi connectivity index (χ4n) is 2.26. The van der Waals surface area contributed by atoms with Crippen LogP contribution in [0.1, 0.15) is 51.1 Å². The average molecular weight is 278 g/mol. The lowest BCUT2D eigenvalue weighted by atomic mass is 10.2. The van der Waals surface area contributed by atoms with Gasteiger partial charge in [-0.05, 0) is 37.8 Å². The zero-order valence-electron chi connectivity index (χ0n) is 13.0. The average Bonchev–Trinajstić information content (AvgIpc) is 2.98. The van der Waals surface area contributed by atoms with Crippen molar-refractivity contribution in [2.75, 3.05) is 13.6 Å². The standard InChI is InChI=1S/C16H26N2O2/c1-5-12(3)17-9-16(19)18(4)10-13-6-7-15(20-13)14-8-11(14)2/h6-7,11-12,14,17H,5,8-10H2,1-4H3. The largest absolute Gasteiger partial charge is 0.464 e. The highest BCUT2D eigenvalue weighted by molar-refractivity contribution is 5.77. The number of hydrogen-bond acceptors (Lipinski definition) is 3. The maximum atomic E-state index is 12.0. The lowest BCUT2D eigenvalue weighted by molar-refractivity contribution is -0.129. The van der Waals surface area contributed by atoms with Crippen LogP contribution in [0.15, 0.2) is 16.5 Å². The van der Waals surface area contributed by atoms with Crippen LogP contribution < -0.4 is 5.32 Å². The molecular formula is C16H26N2O2. The van der Waals surface area contributed by atoms with E-state index in [9.17, 15) is 4.79 Å². The summed E-state index contributed by atoms with van der Waals surface area (Å²) in [4.78, 5) is 13.7. The summed E-state index contributed by atoms with van der Waals surface area (Å²) < 4.78 is 5.83. The summed E-state index contributed by atoms with van der Waals surface area (Å²) in [6, 6.07) is 4.42. The molecule has 20 heavy (non-hydrogen) atoms. The molecule has 1 aliphatic rings. The lowest BCUT2D eigenvalue weighted by Crippen LogP contribution is -2.38. The van der Waals surface area contributed by atoms with Gasteiger partial charge >= 0.3 is 0 Å². The molecular weight excluding hydrogens is 252 g/mol. The third-order valence-corrected chi connectivity index (χ3v) is 4.19. The van der Waals surface area contributed by atoms with Gasteiger partial charge in [-0.1, -0.05) is 13.8 Å². The Morgan fingerprint density at radius 1 is 1.55 bits per heavy atom. The molecule has 0 radical (unpaired) electrons. The summed E-state index contributed by atoms with van der Waals surface area (Å²) in [6.07, 6.45) is 2.25. The molecule has 1 N–H and O–H groups in total. The Morgan fingerprint density at radius 3 is 2.85 bits per heavy atom. The normalized spacial score (nSPS) is 22.6. The summed E-state index contributed by atoms with van der Waals surface area (Å²) in [6.45, 7) is 7.36. The predicted molar refractivity (Wildman–Crippen MR) is 79.5 cm³/mol. The van der Waals surface area contributed by atoms with Crippen LogP contribution in [0, 0.1) is 5.92 Å². The Bertz CT molecular complexity index is 455. The van der Waals surface area contributed by atoms with Crippen molar-refractivity contribution in [3.63, 3.8) is 0 Å². The Hall–Kier alpha value is -1.29. The number of carbonyl (C=O) groups excluding carboxylic acids is 1. The SMILES string of the molecule is CCC(C)NCC(=O)N(C)Cc1ccc(C2CC2C)o1. The molecule has 2 rings (SSSR count). The molecule has 3 atom stereocenters. The molecule has 0 bridgehead atoms. The minimum atomic E-state index is 0.100. The van der Waals surface area contributed by atoms with E-state index in [4.69, 9.17) is 4.42 Å². The molecule has 1 aromatic heterocycles. The summed E-state index contributed by atoms with van der Waals surface area (Å²) in [5, 5.41) is 3.22. The fraction of sp³-hybridized carbons (Fsp3) is 0.688. The Kier molecular flexibility index (Phi) is 4.86. The van der Waals surface area contributed by atoms with Crippen molar-refractivity contribution >= 4 is 5.91 Å². The molecule has 1 heterocycles. The highest BCUT2D eigenvalue weighted by atomic mass is 16.3. The van der Waals surface area contributed by atoms with Gasteiger partial charge in [0.2, 0.25) is 5.91 Å². The van der Waals surface area contributed by atoms with E-state index in [1.807, 2.05) is 13.1 Å². The number of amides is 1. The summed E-state index contributed by atoms with van der Waals surface area (Å²) in [5.74, 6) is 3.39. The van der Waals surface area contributed by atoms with Crippen LogP contribution >= 0.6 is 0 Å². The van der Waals surface area contributed by atoms with Gasteiger partial charge in [-0.25, -0.2) is 0 Å². The first-order valence-electron chi connectivity index (χ1n) is 7.57. The fourth-order valence-corrected chi connectivity index (χ4v) is 2.26. The van der Waals surface area contributed by atoms with Gasteiger partial charge in [0, 0.05) is 19.0 Å². The number of nitrogens with zero attached hydrogens (tertiary/aromatic N) is 1. The molecule has 1 aromatic rings. The zero-order valence-corrected chi connectivity index (χ0v) is 13.0. The molecule has 112 valence electrons. The number of hydrogen-bond donors (Lipinski definition) is 1.